The smallest absolute Gasteiger partial charge is 0.273 e. The number of nitrogens with zero attached hydrogens (tertiary/aromatic N) is 2. The Kier molecular flexibility index (Phi) is 5.10. The first-order chi connectivity index (χ1) is 10.7. The lowest BCUT2D eigenvalue weighted by atomic mass is 9.66. The molecule has 2 fully saturated rings. The van der Waals surface area contributed by atoms with E-state index in [0.29, 0.717) is 11.6 Å². The molecule has 5 nitrogen and oxygen atoms in total. The number of carbonyl (C=O) groups is 1. The molecule has 0 bridgehead atoms. The first kappa shape index (κ1) is 15.9. The van der Waals surface area contributed by atoms with E-state index in [1.807, 2.05) is 17.2 Å². The lowest BCUT2D eigenvalue weighted by Gasteiger charge is -2.48. The fourth-order valence-electron chi connectivity index (χ4n) is 3.66. The van der Waals surface area contributed by atoms with E-state index in [1.165, 1.54) is 11.3 Å². The normalized spacial score (nSPS) is 24.6. The van der Waals surface area contributed by atoms with Crippen LogP contribution in [0.3, 0.4) is 0 Å². The molecule has 0 aliphatic carbocycles. The molecule has 22 heavy (non-hydrogen) atoms. The minimum Gasteiger partial charge on any atom is -0.381 e. The van der Waals surface area contributed by atoms with Gasteiger partial charge in [0.2, 0.25) is 0 Å². The Hall–Kier alpha value is -0.980. The third kappa shape index (κ3) is 3.19. The summed E-state index contributed by atoms with van der Waals surface area (Å²) in [6.45, 7) is 6.82. The van der Waals surface area contributed by atoms with Crippen LogP contribution in [0.25, 0.3) is 0 Å². The summed E-state index contributed by atoms with van der Waals surface area (Å²) in [6, 6.07) is 0. The van der Waals surface area contributed by atoms with Crippen LogP contribution in [-0.4, -0.2) is 55.3 Å². The molecule has 2 aliphatic rings. The van der Waals surface area contributed by atoms with Gasteiger partial charge in [-0.3, -0.25) is 4.79 Å². The van der Waals surface area contributed by atoms with Gasteiger partial charge in [0, 0.05) is 37.6 Å². The third-order valence-electron chi connectivity index (χ3n) is 5.15. The van der Waals surface area contributed by atoms with Gasteiger partial charge in [0.15, 0.2) is 0 Å². The Morgan fingerprint density at radius 2 is 2.32 bits per heavy atom. The Balaban J connectivity index is 1.62. The molecule has 1 atom stereocenters. The van der Waals surface area contributed by atoms with Crippen molar-refractivity contribution in [1.82, 2.24) is 9.88 Å². The van der Waals surface area contributed by atoms with E-state index in [9.17, 15) is 4.79 Å². The first-order valence-corrected chi connectivity index (χ1v) is 9.02. The summed E-state index contributed by atoms with van der Waals surface area (Å²) in [5.74, 6) is 0.530. The average molecular weight is 324 g/mol. The Labute approximate surface area is 135 Å². The van der Waals surface area contributed by atoms with E-state index >= 15 is 0 Å². The van der Waals surface area contributed by atoms with Crippen LogP contribution in [0, 0.1) is 11.3 Å². The largest absolute Gasteiger partial charge is 0.381 e. The van der Waals surface area contributed by atoms with Crippen molar-refractivity contribution < 1.29 is 14.3 Å². The summed E-state index contributed by atoms with van der Waals surface area (Å²) in [6.07, 6.45) is 3.18. The van der Waals surface area contributed by atoms with E-state index in [-0.39, 0.29) is 11.3 Å². The molecule has 0 radical (unpaired) electrons. The summed E-state index contributed by atoms with van der Waals surface area (Å²) in [4.78, 5) is 18.5. The second-order valence-corrected chi connectivity index (χ2v) is 6.93. The molecule has 0 aromatic carbocycles. The summed E-state index contributed by atoms with van der Waals surface area (Å²) in [7, 11) is 0. The molecule has 122 valence electrons. The molecule has 2 saturated heterocycles. The number of aromatic nitrogens is 1. The lowest BCUT2D eigenvalue weighted by Crippen LogP contribution is -2.50. The lowest BCUT2D eigenvalue weighted by molar-refractivity contribution is -0.0956. The topological polar surface area (TPSA) is 51.7 Å². The number of piperidine rings is 1. The molecular formula is C16H24N2O3S. The maximum absolute atomic E-state index is 12.4. The van der Waals surface area contributed by atoms with E-state index < -0.39 is 0 Å². The van der Waals surface area contributed by atoms with Crippen LogP contribution < -0.4 is 0 Å². The number of thiazole rings is 1. The van der Waals surface area contributed by atoms with Gasteiger partial charge in [0.25, 0.3) is 5.91 Å². The number of rotatable bonds is 4. The summed E-state index contributed by atoms with van der Waals surface area (Å²) in [5, 5.41) is 1.83. The van der Waals surface area contributed by atoms with Crippen molar-refractivity contribution in [1.29, 1.82) is 0 Å². The van der Waals surface area contributed by atoms with Crippen LogP contribution >= 0.6 is 11.3 Å². The second-order valence-electron chi connectivity index (χ2n) is 6.21. The van der Waals surface area contributed by atoms with Crippen molar-refractivity contribution in [2.45, 2.75) is 26.2 Å². The monoisotopic (exact) mass is 324 g/mol. The SMILES string of the molecule is CCOC[C@@H]1COCCC12CCN(C(=O)c1cscn1)CC2. The van der Waals surface area contributed by atoms with Gasteiger partial charge >= 0.3 is 0 Å². The maximum atomic E-state index is 12.4. The molecule has 0 unspecified atom stereocenters. The van der Waals surface area contributed by atoms with Gasteiger partial charge in [0.1, 0.15) is 5.69 Å². The van der Waals surface area contributed by atoms with Crippen molar-refractivity contribution in [3.8, 4) is 0 Å². The molecule has 3 heterocycles. The molecule has 0 N–H and O–H groups in total. The maximum Gasteiger partial charge on any atom is 0.273 e. The van der Waals surface area contributed by atoms with E-state index in [2.05, 4.69) is 4.98 Å². The molecule has 1 amide bonds. The molecule has 1 aromatic rings. The number of amides is 1. The number of hydrogen-bond donors (Lipinski definition) is 0. The zero-order valence-corrected chi connectivity index (χ0v) is 13.9. The van der Waals surface area contributed by atoms with Crippen LogP contribution in [0.4, 0.5) is 0 Å². The molecule has 3 rings (SSSR count). The highest BCUT2D eigenvalue weighted by molar-refractivity contribution is 7.07. The number of carbonyl (C=O) groups excluding carboxylic acids is 1. The Bertz CT molecular complexity index is 484. The fraction of sp³-hybridized carbons (Fsp3) is 0.750. The minimum atomic E-state index is 0.0736. The molecule has 0 saturated carbocycles. The van der Waals surface area contributed by atoms with E-state index in [0.717, 1.165) is 58.8 Å². The van der Waals surface area contributed by atoms with Gasteiger partial charge < -0.3 is 14.4 Å². The van der Waals surface area contributed by atoms with Crippen LogP contribution in [0.2, 0.25) is 0 Å². The second kappa shape index (κ2) is 7.06. The Morgan fingerprint density at radius 3 is 3.00 bits per heavy atom. The standard InChI is InChI=1S/C16H24N2O3S/c1-2-20-9-13-10-21-8-5-16(13)3-6-18(7-4-16)15(19)14-11-22-12-17-14/h11-13H,2-10H2,1H3/t13-/m1/s1. The predicted molar refractivity (Wildman–Crippen MR) is 85.1 cm³/mol. The van der Waals surface area contributed by atoms with Gasteiger partial charge in [-0.25, -0.2) is 4.98 Å². The van der Waals surface area contributed by atoms with E-state index in [4.69, 9.17) is 9.47 Å². The first-order valence-electron chi connectivity index (χ1n) is 8.08. The Morgan fingerprint density at radius 1 is 1.50 bits per heavy atom. The summed E-state index contributed by atoms with van der Waals surface area (Å²) < 4.78 is 11.3. The molecule has 1 aromatic heterocycles. The minimum absolute atomic E-state index is 0.0736. The van der Waals surface area contributed by atoms with Gasteiger partial charge in [-0.2, -0.15) is 0 Å². The molecular weight excluding hydrogens is 300 g/mol. The number of likely N-dealkylation sites (tertiary alicyclic amines) is 1. The van der Waals surface area contributed by atoms with Gasteiger partial charge in [-0.15, -0.1) is 11.3 Å². The highest BCUT2D eigenvalue weighted by Crippen LogP contribution is 2.45. The molecule has 6 heteroatoms. The highest BCUT2D eigenvalue weighted by Gasteiger charge is 2.44. The van der Waals surface area contributed by atoms with E-state index in [1.54, 1.807) is 5.51 Å². The van der Waals surface area contributed by atoms with Crippen LogP contribution in [0.1, 0.15) is 36.7 Å². The quantitative estimate of drug-likeness (QED) is 0.853. The van der Waals surface area contributed by atoms with Gasteiger partial charge in [-0.1, -0.05) is 0 Å². The van der Waals surface area contributed by atoms with Crippen molar-refractivity contribution in [2.24, 2.45) is 11.3 Å². The van der Waals surface area contributed by atoms with Crippen molar-refractivity contribution in [3.05, 3.63) is 16.6 Å². The zero-order valence-electron chi connectivity index (χ0n) is 13.1. The third-order valence-corrected chi connectivity index (χ3v) is 5.74. The zero-order chi connectivity index (χ0) is 15.4. The van der Waals surface area contributed by atoms with Gasteiger partial charge in [-0.05, 0) is 31.6 Å². The fourth-order valence-corrected chi connectivity index (χ4v) is 4.19. The van der Waals surface area contributed by atoms with Crippen LogP contribution in [0.5, 0.6) is 0 Å². The van der Waals surface area contributed by atoms with Crippen molar-refractivity contribution in [3.63, 3.8) is 0 Å². The average Bonchev–Trinajstić information content (AvgIpc) is 3.09. The summed E-state index contributed by atoms with van der Waals surface area (Å²) in [5.41, 5.74) is 2.58. The van der Waals surface area contributed by atoms with Crippen molar-refractivity contribution >= 4 is 17.2 Å². The molecule has 2 aliphatic heterocycles. The predicted octanol–water partition coefficient (Wildman–Crippen LogP) is 2.44. The highest BCUT2D eigenvalue weighted by atomic mass is 32.1. The van der Waals surface area contributed by atoms with Crippen LogP contribution in [0.15, 0.2) is 10.9 Å². The number of hydrogen-bond acceptors (Lipinski definition) is 5. The molecule has 1 spiro atoms. The van der Waals surface area contributed by atoms with Crippen LogP contribution in [-0.2, 0) is 9.47 Å². The number of ether oxygens (including phenoxy) is 2. The summed E-state index contributed by atoms with van der Waals surface area (Å²) >= 11 is 1.47. The van der Waals surface area contributed by atoms with Gasteiger partial charge in [0.05, 0.1) is 18.7 Å². The van der Waals surface area contributed by atoms with Crippen molar-refractivity contribution in [2.75, 3.05) is 39.5 Å².